The molecule has 5 nitrogen and oxygen atoms in total. The highest BCUT2D eigenvalue weighted by Crippen LogP contribution is 2.09. The van der Waals surface area contributed by atoms with Gasteiger partial charge in [0.15, 0.2) is 0 Å². The van der Waals surface area contributed by atoms with Crippen LogP contribution < -0.4 is 10.6 Å². The number of nitrogens with one attached hydrogen (secondary N) is 2. The molecule has 0 aliphatic heterocycles. The Labute approximate surface area is 161 Å². The molecule has 1 unspecified atom stereocenters. The van der Waals surface area contributed by atoms with E-state index >= 15 is 0 Å². The third kappa shape index (κ3) is 15.3. The zero-order valence-corrected chi connectivity index (χ0v) is 17.8. The van der Waals surface area contributed by atoms with E-state index in [1.165, 1.54) is 45.1 Å². The Balaban J connectivity index is 3.61. The van der Waals surface area contributed by atoms with Gasteiger partial charge in [-0.15, -0.1) is 0 Å². The van der Waals surface area contributed by atoms with Gasteiger partial charge in [-0.3, -0.25) is 4.79 Å². The molecule has 1 atom stereocenters. The molecule has 0 radical (unpaired) electrons. The summed E-state index contributed by atoms with van der Waals surface area (Å²) in [6.45, 7) is 5.23. The lowest BCUT2D eigenvalue weighted by molar-refractivity contribution is -0.890. The molecular formula is C21H44N3O2+. The van der Waals surface area contributed by atoms with Crippen molar-refractivity contribution in [3.63, 3.8) is 0 Å². The standard InChI is InChI=1S/C21H43N3O2/c1-5-6-7-8-9-12-17-24(3,4)18-13-15-21(26)23-16-11-10-14-20(19-25)22-2/h19-20,22H,5-18H2,1-4H3/p+1. The third-order valence-corrected chi connectivity index (χ3v) is 5.08. The summed E-state index contributed by atoms with van der Waals surface area (Å²) in [5, 5.41) is 5.96. The zero-order valence-electron chi connectivity index (χ0n) is 17.8. The predicted molar refractivity (Wildman–Crippen MR) is 110 cm³/mol. The highest BCUT2D eigenvalue weighted by atomic mass is 16.1. The molecule has 154 valence electrons. The molecule has 0 bridgehead atoms. The SMILES string of the molecule is CCCCCCCC[N+](C)(C)CCCC(=O)NCCCCC(C=O)NC. The molecule has 0 aromatic carbocycles. The first-order valence-electron chi connectivity index (χ1n) is 10.7. The van der Waals surface area contributed by atoms with Crippen molar-refractivity contribution in [2.45, 2.75) is 83.6 Å². The maximum atomic E-state index is 11.9. The zero-order chi connectivity index (χ0) is 19.7. The fraction of sp³-hybridized carbons (Fsp3) is 0.905. The van der Waals surface area contributed by atoms with Gasteiger partial charge < -0.3 is 19.9 Å². The fourth-order valence-electron chi connectivity index (χ4n) is 3.19. The number of hydrogen-bond donors (Lipinski definition) is 2. The first kappa shape index (κ1) is 25.1. The van der Waals surface area contributed by atoms with E-state index in [-0.39, 0.29) is 11.9 Å². The van der Waals surface area contributed by atoms with E-state index in [9.17, 15) is 9.59 Å². The van der Waals surface area contributed by atoms with Gasteiger partial charge in [0.25, 0.3) is 0 Å². The largest absolute Gasteiger partial charge is 0.356 e. The number of likely N-dealkylation sites (N-methyl/N-ethyl adjacent to an activating group) is 1. The van der Waals surface area contributed by atoms with Crippen LogP contribution in [0.5, 0.6) is 0 Å². The Bertz CT molecular complexity index is 359. The number of carbonyl (C=O) groups is 2. The van der Waals surface area contributed by atoms with Crippen molar-refractivity contribution in [2.24, 2.45) is 0 Å². The quantitative estimate of drug-likeness (QED) is 0.221. The topological polar surface area (TPSA) is 58.2 Å². The summed E-state index contributed by atoms with van der Waals surface area (Å²) in [4.78, 5) is 22.6. The Kier molecular flexibility index (Phi) is 15.7. The minimum Gasteiger partial charge on any atom is -0.356 e. The molecule has 0 fully saturated rings. The highest BCUT2D eigenvalue weighted by molar-refractivity contribution is 5.75. The van der Waals surface area contributed by atoms with Crippen molar-refractivity contribution < 1.29 is 14.1 Å². The summed E-state index contributed by atoms with van der Waals surface area (Å²) >= 11 is 0. The summed E-state index contributed by atoms with van der Waals surface area (Å²) in [6, 6.07) is -0.0580. The van der Waals surface area contributed by atoms with Gasteiger partial charge in [-0.25, -0.2) is 0 Å². The molecule has 0 spiro atoms. The summed E-state index contributed by atoms with van der Waals surface area (Å²) in [5.74, 6) is 0.158. The van der Waals surface area contributed by atoms with Crippen LogP contribution in [0.3, 0.4) is 0 Å². The molecule has 0 aliphatic rings. The Hall–Kier alpha value is -0.940. The highest BCUT2D eigenvalue weighted by Gasteiger charge is 2.15. The number of amides is 1. The number of hydrogen-bond acceptors (Lipinski definition) is 3. The second kappa shape index (κ2) is 16.2. The van der Waals surface area contributed by atoms with Crippen LogP contribution in [0.4, 0.5) is 0 Å². The molecule has 2 N–H and O–H groups in total. The lowest BCUT2D eigenvalue weighted by atomic mass is 10.1. The van der Waals surface area contributed by atoms with E-state index in [1.54, 1.807) is 7.05 Å². The van der Waals surface area contributed by atoms with Crippen LogP contribution in [0.1, 0.15) is 77.6 Å². The molecule has 5 heteroatoms. The van der Waals surface area contributed by atoms with Crippen LogP contribution in [0.2, 0.25) is 0 Å². The second-order valence-corrected chi connectivity index (χ2v) is 8.13. The number of nitrogens with zero attached hydrogens (tertiary/aromatic N) is 1. The van der Waals surface area contributed by atoms with Gasteiger partial charge in [0.2, 0.25) is 5.91 Å². The summed E-state index contributed by atoms with van der Waals surface area (Å²) in [7, 11) is 6.34. The van der Waals surface area contributed by atoms with Crippen LogP contribution in [0, 0.1) is 0 Å². The van der Waals surface area contributed by atoms with E-state index in [2.05, 4.69) is 31.7 Å². The van der Waals surface area contributed by atoms with E-state index in [4.69, 9.17) is 0 Å². The fourth-order valence-corrected chi connectivity index (χ4v) is 3.19. The molecule has 0 aromatic heterocycles. The summed E-state index contributed by atoms with van der Waals surface area (Å²) in [5.41, 5.74) is 0. The minimum absolute atomic E-state index is 0.0580. The molecular weight excluding hydrogens is 326 g/mol. The first-order chi connectivity index (χ1) is 12.4. The van der Waals surface area contributed by atoms with E-state index in [0.717, 1.165) is 43.0 Å². The van der Waals surface area contributed by atoms with Crippen molar-refractivity contribution in [1.29, 1.82) is 0 Å². The smallest absolute Gasteiger partial charge is 0.220 e. The second-order valence-electron chi connectivity index (χ2n) is 8.13. The normalized spacial score (nSPS) is 12.8. The summed E-state index contributed by atoms with van der Waals surface area (Å²) < 4.78 is 1.01. The number of unbranched alkanes of at least 4 members (excludes halogenated alkanes) is 6. The van der Waals surface area contributed by atoms with Gasteiger partial charge in [-0.1, -0.05) is 32.6 Å². The van der Waals surface area contributed by atoms with Crippen molar-refractivity contribution in [3.8, 4) is 0 Å². The van der Waals surface area contributed by atoms with Gasteiger partial charge in [0.05, 0.1) is 33.2 Å². The number of carbonyl (C=O) groups excluding carboxylic acids is 2. The Morgan fingerprint density at radius 3 is 2.27 bits per heavy atom. The van der Waals surface area contributed by atoms with Crippen molar-refractivity contribution in [2.75, 3.05) is 40.8 Å². The maximum absolute atomic E-state index is 11.9. The lowest BCUT2D eigenvalue weighted by Crippen LogP contribution is -2.41. The van der Waals surface area contributed by atoms with Crippen LogP contribution >= 0.6 is 0 Å². The third-order valence-electron chi connectivity index (χ3n) is 5.08. The van der Waals surface area contributed by atoms with Crippen molar-refractivity contribution in [3.05, 3.63) is 0 Å². The average molecular weight is 371 g/mol. The van der Waals surface area contributed by atoms with Crippen molar-refractivity contribution >= 4 is 12.2 Å². The van der Waals surface area contributed by atoms with Crippen LogP contribution in [-0.4, -0.2) is 63.5 Å². The Morgan fingerprint density at radius 1 is 0.962 bits per heavy atom. The Morgan fingerprint density at radius 2 is 1.62 bits per heavy atom. The number of aldehydes is 1. The molecule has 0 rings (SSSR count). The maximum Gasteiger partial charge on any atom is 0.220 e. The average Bonchev–Trinajstić information content (AvgIpc) is 2.61. The molecule has 0 aliphatic carbocycles. The van der Waals surface area contributed by atoms with Gasteiger partial charge in [-0.05, 0) is 39.2 Å². The molecule has 0 aromatic rings. The molecule has 1 amide bonds. The van der Waals surface area contributed by atoms with Crippen LogP contribution in [-0.2, 0) is 9.59 Å². The monoisotopic (exact) mass is 370 g/mol. The van der Waals surface area contributed by atoms with E-state index in [0.29, 0.717) is 13.0 Å². The van der Waals surface area contributed by atoms with Gasteiger partial charge in [0.1, 0.15) is 6.29 Å². The van der Waals surface area contributed by atoms with E-state index in [1.807, 2.05) is 0 Å². The number of rotatable bonds is 18. The molecule has 0 heterocycles. The van der Waals surface area contributed by atoms with E-state index < -0.39 is 0 Å². The van der Waals surface area contributed by atoms with Crippen LogP contribution in [0.25, 0.3) is 0 Å². The first-order valence-corrected chi connectivity index (χ1v) is 10.7. The molecule has 0 saturated carbocycles. The van der Waals surface area contributed by atoms with Gasteiger partial charge in [0, 0.05) is 19.4 Å². The van der Waals surface area contributed by atoms with Crippen LogP contribution in [0.15, 0.2) is 0 Å². The lowest BCUT2D eigenvalue weighted by Gasteiger charge is -2.29. The predicted octanol–water partition coefficient (Wildman–Crippen LogP) is 3.28. The molecule has 26 heavy (non-hydrogen) atoms. The van der Waals surface area contributed by atoms with Gasteiger partial charge in [-0.2, -0.15) is 0 Å². The molecule has 0 saturated heterocycles. The van der Waals surface area contributed by atoms with Crippen molar-refractivity contribution in [1.82, 2.24) is 10.6 Å². The summed E-state index contributed by atoms with van der Waals surface area (Å²) in [6.07, 6.45) is 13.2. The minimum atomic E-state index is -0.0580. The van der Waals surface area contributed by atoms with Gasteiger partial charge >= 0.3 is 0 Å². The number of quaternary nitrogens is 1.